The van der Waals surface area contributed by atoms with Crippen LogP contribution in [0.4, 0.5) is 0 Å². The lowest BCUT2D eigenvalue weighted by Gasteiger charge is -2.04. The number of aromatic nitrogens is 4. The van der Waals surface area contributed by atoms with Crippen molar-refractivity contribution in [1.82, 2.24) is 40.3 Å². The Morgan fingerprint density at radius 1 is 0.756 bits per heavy atom. The predicted octanol–water partition coefficient (Wildman–Crippen LogP) is 2.39. The number of nitrogens with zero attached hydrogens (tertiary/aromatic N) is 8. The normalized spacial score (nSPS) is 15.0. The zero-order valence-corrected chi connectivity index (χ0v) is 22.4. The van der Waals surface area contributed by atoms with Crippen molar-refractivity contribution in [3.05, 3.63) is 83.8 Å². The number of fused-ring (bicyclic) bond motifs is 3. The number of nitrogens with one attached hydrogen (secondary N) is 4. The SMILES string of the molecule is Cc1ccc(-c2nc3n(ccc4nc(-c5ccccc5)c(/C=N/NC5=NCCN5)n43)c2/C=N/NC2=NCCN2)cc1. The third-order valence-electron chi connectivity index (χ3n) is 6.88. The van der Waals surface area contributed by atoms with Gasteiger partial charge in [0, 0.05) is 30.4 Å². The van der Waals surface area contributed by atoms with Gasteiger partial charge < -0.3 is 10.6 Å². The number of guanidine groups is 2. The first kappa shape index (κ1) is 24.5. The van der Waals surface area contributed by atoms with Gasteiger partial charge in [0.2, 0.25) is 17.7 Å². The summed E-state index contributed by atoms with van der Waals surface area (Å²) in [6, 6.07) is 20.4. The van der Waals surface area contributed by atoms with Gasteiger partial charge >= 0.3 is 0 Å². The molecule has 5 aromatic rings. The summed E-state index contributed by atoms with van der Waals surface area (Å²) in [5, 5.41) is 15.3. The predicted molar refractivity (Wildman–Crippen MR) is 162 cm³/mol. The van der Waals surface area contributed by atoms with Crippen LogP contribution in [0.15, 0.2) is 87.0 Å². The van der Waals surface area contributed by atoms with Crippen molar-refractivity contribution in [1.29, 1.82) is 0 Å². The van der Waals surface area contributed by atoms with Gasteiger partial charge in [-0.25, -0.2) is 30.8 Å². The van der Waals surface area contributed by atoms with Crippen LogP contribution < -0.4 is 21.5 Å². The number of hydrogen-bond acceptors (Lipinski definition) is 10. The first-order chi connectivity index (χ1) is 20.2. The van der Waals surface area contributed by atoms with Crippen LogP contribution in [0.25, 0.3) is 33.9 Å². The third-order valence-corrected chi connectivity index (χ3v) is 6.88. The Bertz CT molecular complexity index is 1840. The van der Waals surface area contributed by atoms with E-state index in [2.05, 4.69) is 72.9 Å². The van der Waals surface area contributed by atoms with Crippen LogP contribution in [0.3, 0.4) is 0 Å². The summed E-state index contributed by atoms with van der Waals surface area (Å²) in [6.45, 7) is 5.12. The molecular formula is C29H28N12. The van der Waals surface area contributed by atoms with Crippen molar-refractivity contribution in [2.45, 2.75) is 6.92 Å². The smallest absolute Gasteiger partial charge is 0.221 e. The van der Waals surface area contributed by atoms with Crippen LogP contribution in [0.2, 0.25) is 0 Å². The van der Waals surface area contributed by atoms with Gasteiger partial charge in [-0.15, -0.1) is 0 Å². The summed E-state index contributed by atoms with van der Waals surface area (Å²) in [5.41, 5.74) is 13.1. The second-order valence-corrected chi connectivity index (χ2v) is 9.66. The second-order valence-electron chi connectivity index (χ2n) is 9.66. The molecule has 2 aromatic carbocycles. The van der Waals surface area contributed by atoms with Crippen LogP contribution in [0.1, 0.15) is 17.0 Å². The molecule has 2 aliphatic heterocycles. The van der Waals surface area contributed by atoms with Gasteiger partial charge in [0.1, 0.15) is 5.65 Å². The number of benzene rings is 2. The maximum absolute atomic E-state index is 5.15. The fourth-order valence-electron chi connectivity index (χ4n) is 4.88. The Labute approximate surface area is 235 Å². The molecule has 204 valence electrons. The van der Waals surface area contributed by atoms with Crippen molar-refractivity contribution in [3.63, 3.8) is 0 Å². The first-order valence-corrected chi connectivity index (χ1v) is 13.5. The van der Waals surface area contributed by atoms with Crippen molar-refractivity contribution >= 4 is 35.8 Å². The van der Waals surface area contributed by atoms with Crippen LogP contribution in [-0.2, 0) is 0 Å². The zero-order chi connectivity index (χ0) is 27.6. The van der Waals surface area contributed by atoms with Crippen molar-refractivity contribution in [3.8, 4) is 22.5 Å². The number of rotatable bonds is 6. The minimum atomic E-state index is 0.649. The molecule has 0 atom stereocenters. The Hall–Kier alpha value is -5.52. The minimum Gasteiger partial charge on any atom is -0.353 e. The summed E-state index contributed by atoms with van der Waals surface area (Å²) in [7, 11) is 0. The van der Waals surface area contributed by atoms with Crippen molar-refractivity contribution < 1.29 is 0 Å². The van der Waals surface area contributed by atoms with Gasteiger partial charge in [0.05, 0.1) is 48.3 Å². The summed E-state index contributed by atoms with van der Waals surface area (Å²) in [4.78, 5) is 18.9. The molecule has 41 heavy (non-hydrogen) atoms. The van der Waals surface area contributed by atoms with E-state index in [1.54, 1.807) is 12.4 Å². The number of aliphatic imine (C=N–C) groups is 2. The Balaban J connectivity index is 1.41. The highest BCUT2D eigenvalue weighted by Gasteiger charge is 2.20. The molecular weight excluding hydrogens is 516 g/mol. The highest BCUT2D eigenvalue weighted by molar-refractivity contribution is 5.93. The molecule has 0 spiro atoms. The lowest BCUT2D eigenvalue weighted by atomic mass is 10.1. The topological polar surface area (TPSA) is 132 Å². The van der Waals surface area contributed by atoms with Gasteiger partial charge in [-0.3, -0.25) is 8.80 Å². The van der Waals surface area contributed by atoms with Crippen LogP contribution in [0.5, 0.6) is 0 Å². The Kier molecular flexibility index (Phi) is 6.32. The van der Waals surface area contributed by atoms with Gasteiger partial charge in [-0.05, 0) is 13.0 Å². The van der Waals surface area contributed by atoms with E-state index in [1.807, 2.05) is 51.4 Å². The van der Waals surface area contributed by atoms with E-state index in [4.69, 9.17) is 9.97 Å². The lowest BCUT2D eigenvalue weighted by molar-refractivity contribution is 0.918. The van der Waals surface area contributed by atoms with E-state index in [0.29, 0.717) is 17.7 Å². The molecule has 0 unspecified atom stereocenters. The number of hydrazone groups is 2. The molecule has 0 bridgehead atoms. The lowest BCUT2D eigenvalue weighted by Crippen LogP contribution is -2.30. The van der Waals surface area contributed by atoms with Crippen LogP contribution in [-0.4, -0.2) is 69.3 Å². The maximum atomic E-state index is 5.15. The molecule has 0 radical (unpaired) electrons. The largest absolute Gasteiger partial charge is 0.353 e. The highest BCUT2D eigenvalue weighted by Crippen LogP contribution is 2.28. The summed E-state index contributed by atoms with van der Waals surface area (Å²) < 4.78 is 4.03. The van der Waals surface area contributed by atoms with Crippen LogP contribution in [0, 0.1) is 6.92 Å². The number of hydrogen-bond donors (Lipinski definition) is 4. The van der Waals surface area contributed by atoms with Gasteiger partial charge in [0.15, 0.2) is 0 Å². The molecule has 5 heterocycles. The highest BCUT2D eigenvalue weighted by atomic mass is 15.4. The molecule has 0 aliphatic carbocycles. The number of aryl methyl sites for hydroxylation is 1. The monoisotopic (exact) mass is 544 g/mol. The second kappa shape index (κ2) is 10.6. The fraction of sp³-hybridized carbons (Fsp3) is 0.172. The standard InChI is InChI=1S/C29H28N12/c1-19-7-9-21(10-8-19)25-22(17-34-38-27-30-12-13-31-27)40-16-11-24-36-26(20-5-3-2-4-6-20)23(41(24)29(40)37-25)18-35-39-28-32-14-15-33-28/h2-11,16-18H,12-15H2,1H3,(H2,30,31,38)(H2,32,33,39)/b34-17+,35-18+. The molecule has 0 fully saturated rings. The molecule has 4 N–H and O–H groups in total. The zero-order valence-electron chi connectivity index (χ0n) is 22.4. The summed E-state index contributed by atoms with van der Waals surface area (Å²) >= 11 is 0. The van der Waals surface area contributed by atoms with Crippen LogP contribution >= 0.6 is 0 Å². The summed E-state index contributed by atoms with van der Waals surface area (Å²) in [6.07, 6.45) is 5.52. The number of imidazole rings is 2. The van der Waals surface area contributed by atoms with E-state index >= 15 is 0 Å². The third kappa shape index (κ3) is 4.75. The summed E-state index contributed by atoms with van der Waals surface area (Å²) in [5.74, 6) is 1.99. The van der Waals surface area contributed by atoms with Crippen molar-refractivity contribution in [2.24, 2.45) is 20.2 Å². The quantitative estimate of drug-likeness (QED) is 0.192. The van der Waals surface area contributed by atoms with Crippen molar-refractivity contribution in [2.75, 3.05) is 26.2 Å². The van der Waals surface area contributed by atoms with E-state index in [-0.39, 0.29) is 0 Å². The molecule has 7 rings (SSSR count). The fourth-order valence-corrected chi connectivity index (χ4v) is 4.88. The average molecular weight is 545 g/mol. The molecule has 12 heteroatoms. The van der Waals surface area contributed by atoms with E-state index < -0.39 is 0 Å². The molecule has 12 nitrogen and oxygen atoms in total. The molecule has 2 aliphatic rings. The minimum absolute atomic E-state index is 0.649. The van der Waals surface area contributed by atoms with E-state index in [1.165, 1.54) is 5.56 Å². The van der Waals surface area contributed by atoms with E-state index in [9.17, 15) is 0 Å². The average Bonchev–Trinajstić information content (AvgIpc) is 3.81. The molecule has 0 saturated carbocycles. The maximum Gasteiger partial charge on any atom is 0.221 e. The first-order valence-electron chi connectivity index (χ1n) is 13.5. The van der Waals surface area contributed by atoms with Gasteiger partial charge in [-0.1, -0.05) is 60.2 Å². The van der Waals surface area contributed by atoms with Gasteiger partial charge in [-0.2, -0.15) is 10.2 Å². The Morgan fingerprint density at radius 2 is 1.39 bits per heavy atom. The molecule has 3 aromatic heterocycles. The Morgan fingerprint density at radius 3 is 2.05 bits per heavy atom. The van der Waals surface area contributed by atoms with E-state index in [0.717, 1.165) is 65.7 Å². The van der Waals surface area contributed by atoms with Gasteiger partial charge in [0.25, 0.3) is 0 Å². The molecule has 0 amide bonds. The molecule has 0 saturated heterocycles.